The van der Waals surface area contributed by atoms with Crippen molar-refractivity contribution in [3.63, 3.8) is 0 Å². The van der Waals surface area contributed by atoms with E-state index in [9.17, 15) is 9.59 Å². The minimum Gasteiger partial charge on any atom is -0.366 e. The summed E-state index contributed by atoms with van der Waals surface area (Å²) >= 11 is 1.71. The van der Waals surface area contributed by atoms with Gasteiger partial charge in [-0.1, -0.05) is 12.1 Å². The van der Waals surface area contributed by atoms with Crippen molar-refractivity contribution < 1.29 is 9.59 Å². The number of nitrogens with one attached hydrogen (secondary N) is 1. The van der Waals surface area contributed by atoms with Crippen LogP contribution in [-0.2, 0) is 5.75 Å². The maximum absolute atomic E-state index is 12.2. The summed E-state index contributed by atoms with van der Waals surface area (Å²) in [5, 5.41) is 2.80. The van der Waals surface area contributed by atoms with Gasteiger partial charge in [0.2, 0.25) is 5.91 Å². The second kappa shape index (κ2) is 6.95. The Bertz CT molecular complexity index is 654. The lowest BCUT2D eigenvalue weighted by Crippen LogP contribution is -2.13. The lowest BCUT2D eigenvalue weighted by atomic mass is 10.1. The molecule has 0 radical (unpaired) electrons. The van der Waals surface area contributed by atoms with Crippen molar-refractivity contribution in [1.82, 2.24) is 0 Å². The van der Waals surface area contributed by atoms with Gasteiger partial charge in [0.1, 0.15) is 0 Å². The van der Waals surface area contributed by atoms with E-state index in [4.69, 9.17) is 5.73 Å². The van der Waals surface area contributed by atoms with Crippen LogP contribution in [0, 0.1) is 0 Å². The van der Waals surface area contributed by atoms with Crippen LogP contribution in [0.3, 0.4) is 0 Å². The molecule has 0 aromatic heterocycles. The third kappa shape index (κ3) is 4.10. The van der Waals surface area contributed by atoms with Crippen LogP contribution in [0.25, 0.3) is 0 Å². The summed E-state index contributed by atoms with van der Waals surface area (Å²) in [4.78, 5) is 23.2. The molecule has 0 unspecified atom stereocenters. The van der Waals surface area contributed by atoms with Crippen LogP contribution in [0.1, 0.15) is 26.3 Å². The Morgan fingerprint density at radius 2 is 1.81 bits per heavy atom. The molecule has 0 heterocycles. The number of anilines is 1. The fraction of sp³-hybridized carbons (Fsp3) is 0.125. The summed E-state index contributed by atoms with van der Waals surface area (Å²) in [6.45, 7) is 0. The molecule has 0 aliphatic rings. The Morgan fingerprint density at radius 1 is 1.10 bits per heavy atom. The zero-order valence-electron chi connectivity index (χ0n) is 11.6. The van der Waals surface area contributed by atoms with Gasteiger partial charge in [-0.25, -0.2) is 0 Å². The summed E-state index contributed by atoms with van der Waals surface area (Å²) in [6, 6.07) is 14.0. The molecule has 5 heteroatoms. The largest absolute Gasteiger partial charge is 0.366 e. The highest BCUT2D eigenvalue weighted by Crippen LogP contribution is 2.14. The van der Waals surface area contributed by atoms with Crippen LogP contribution in [0.2, 0.25) is 0 Å². The van der Waals surface area contributed by atoms with E-state index in [0.717, 1.165) is 11.3 Å². The number of carbonyl (C=O) groups excluding carboxylic acids is 2. The molecule has 108 valence electrons. The highest BCUT2D eigenvalue weighted by molar-refractivity contribution is 7.97. The summed E-state index contributed by atoms with van der Waals surface area (Å²) < 4.78 is 0. The van der Waals surface area contributed by atoms with Gasteiger partial charge in [-0.15, -0.1) is 0 Å². The molecule has 2 amide bonds. The number of carbonyl (C=O) groups is 2. The van der Waals surface area contributed by atoms with Crippen molar-refractivity contribution in [3.05, 3.63) is 65.2 Å². The smallest absolute Gasteiger partial charge is 0.255 e. The molecule has 0 aliphatic carbocycles. The molecule has 0 bridgehead atoms. The van der Waals surface area contributed by atoms with Crippen LogP contribution < -0.4 is 11.1 Å². The second-order valence-electron chi connectivity index (χ2n) is 4.53. The summed E-state index contributed by atoms with van der Waals surface area (Å²) in [6.07, 6.45) is 2.02. The molecule has 4 nitrogen and oxygen atoms in total. The third-order valence-electron chi connectivity index (χ3n) is 2.93. The van der Waals surface area contributed by atoms with Gasteiger partial charge >= 0.3 is 0 Å². The molecule has 0 saturated carbocycles. The zero-order valence-corrected chi connectivity index (χ0v) is 12.4. The monoisotopic (exact) mass is 300 g/mol. The Labute approximate surface area is 127 Å². The lowest BCUT2D eigenvalue weighted by Gasteiger charge is -2.07. The van der Waals surface area contributed by atoms with Gasteiger partial charge in [0.05, 0.1) is 0 Å². The van der Waals surface area contributed by atoms with Crippen LogP contribution >= 0.6 is 11.8 Å². The predicted molar refractivity (Wildman–Crippen MR) is 86.6 cm³/mol. The fourth-order valence-electron chi connectivity index (χ4n) is 1.89. The van der Waals surface area contributed by atoms with E-state index < -0.39 is 5.91 Å². The molecular formula is C16H16N2O2S. The SMILES string of the molecule is CSCc1cccc(C(=O)Nc2ccc(C(N)=O)cc2)c1. The van der Waals surface area contributed by atoms with E-state index in [1.807, 2.05) is 24.5 Å². The van der Waals surface area contributed by atoms with Crippen LogP contribution in [0.5, 0.6) is 0 Å². The topological polar surface area (TPSA) is 72.2 Å². The molecule has 2 aromatic rings. The fourth-order valence-corrected chi connectivity index (χ4v) is 2.40. The number of hydrogen-bond acceptors (Lipinski definition) is 3. The summed E-state index contributed by atoms with van der Waals surface area (Å²) in [5.41, 5.74) is 7.93. The molecule has 0 fully saturated rings. The van der Waals surface area contributed by atoms with E-state index in [-0.39, 0.29) is 5.91 Å². The van der Waals surface area contributed by atoms with Gasteiger partial charge in [0.25, 0.3) is 5.91 Å². The van der Waals surface area contributed by atoms with Crippen molar-refractivity contribution in [2.45, 2.75) is 5.75 Å². The molecule has 2 aromatic carbocycles. The summed E-state index contributed by atoms with van der Waals surface area (Å²) in [5.74, 6) is 0.205. The van der Waals surface area contributed by atoms with Gasteiger partial charge in [-0.2, -0.15) is 11.8 Å². The van der Waals surface area contributed by atoms with Crippen molar-refractivity contribution in [1.29, 1.82) is 0 Å². The number of nitrogens with two attached hydrogens (primary N) is 1. The van der Waals surface area contributed by atoms with Gasteiger partial charge in [0, 0.05) is 22.6 Å². The highest BCUT2D eigenvalue weighted by atomic mass is 32.2. The first kappa shape index (κ1) is 15.1. The quantitative estimate of drug-likeness (QED) is 0.891. The van der Waals surface area contributed by atoms with Crippen molar-refractivity contribution >= 4 is 29.3 Å². The number of rotatable bonds is 5. The Hall–Kier alpha value is -2.27. The number of benzene rings is 2. The number of thioether (sulfide) groups is 1. The molecule has 0 spiro atoms. The first-order valence-electron chi connectivity index (χ1n) is 6.39. The highest BCUT2D eigenvalue weighted by Gasteiger charge is 2.07. The van der Waals surface area contributed by atoms with E-state index in [2.05, 4.69) is 5.32 Å². The Kier molecular flexibility index (Phi) is 5.00. The standard InChI is InChI=1S/C16H16N2O2S/c1-21-10-11-3-2-4-13(9-11)16(20)18-14-7-5-12(6-8-14)15(17)19/h2-9H,10H2,1H3,(H2,17,19)(H,18,20). The number of amides is 2. The zero-order chi connectivity index (χ0) is 15.2. The molecule has 2 rings (SSSR count). The molecular weight excluding hydrogens is 284 g/mol. The maximum atomic E-state index is 12.2. The van der Waals surface area contributed by atoms with E-state index >= 15 is 0 Å². The summed E-state index contributed by atoms with van der Waals surface area (Å²) in [7, 11) is 0. The van der Waals surface area contributed by atoms with Crippen molar-refractivity contribution in [2.24, 2.45) is 5.73 Å². The van der Waals surface area contributed by atoms with Gasteiger partial charge in [-0.05, 0) is 48.2 Å². The van der Waals surface area contributed by atoms with Gasteiger partial charge < -0.3 is 11.1 Å². The minimum atomic E-state index is -0.488. The minimum absolute atomic E-state index is 0.176. The first-order chi connectivity index (χ1) is 10.1. The predicted octanol–water partition coefficient (Wildman–Crippen LogP) is 2.90. The number of primary amides is 1. The molecule has 0 saturated heterocycles. The average Bonchev–Trinajstić information content (AvgIpc) is 2.48. The molecule has 3 N–H and O–H groups in total. The molecule has 0 aliphatic heterocycles. The maximum Gasteiger partial charge on any atom is 0.255 e. The second-order valence-corrected chi connectivity index (χ2v) is 5.40. The molecule has 21 heavy (non-hydrogen) atoms. The van der Waals surface area contributed by atoms with Gasteiger partial charge in [0.15, 0.2) is 0 Å². The van der Waals surface area contributed by atoms with Crippen LogP contribution in [-0.4, -0.2) is 18.1 Å². The lowest BCUT2D eigenvalue weighted by molar-refractivity contribution is 0.0998. The first-order valence-corrected chi connectivity index (χ1v) is 7.78. The van der Waals surface area contributed by atoms with Crippen LogP contribution in [0.4, 0.5) is 5.69 Å². The van der Waals surface area contributed by atoms with Crippen molar-refractivity contribution in [2.75, 3.05) is 11.6 Å². The Balaban J connectivity index is 2.10. The van der Waals surface area contributed by atoms with E-state index in [0.29, 0.717) is 16.8 Å². The van der Waals surface area contributed by atoms with Crippen LogP contribution in [0.15, 0.2) is 48.5 Å². The van der Waals surface area contributed by atoms with Crippen molar-refractivity contribution in [3.8, 4) is 0 Å². The van der Waals surface area contributed by atoms with E-state index in [1.165, 1.54) is 0 Å². The normalized spacial score (nSPS) is 10.1. The average molecular weight is 300 g/mol. The molecule has 0 atom stereocenters. The van der Waals surface area contributed by atoms with Gasteiger partial charge in [-0.3, -0.25) is 9.59 Å². The number of hydrogen-bond donors (Lipinski definition) is 2. The van der Waals surface area contributed by atoms with E-state index in [1.54, 1.807) is 42.1 Å². The third-order valence-corrected chi connectivity index (χ3v) is 3.55. The Morgan fingerprint density at radius 3 is 2.43 bits per heavy atom.